The van der Waals surface area contributed by atoms with Gasteiger partial charge >= 0.3 is 0 Å². The lowest BCUT2D eigenvalue weighted by Gasteiger charge is -2.29. The van der Waals surface area contributed by atoms with Gasteiger partial charge in [-0.15, -0.1) is 0 Å². The van der Waals surface area contributed by atoms with Crippen molar-refractivity contribution in [3.63, 3.8) is 0 Å². The topological polar surface area (TPSA) is 80.7 Å². The lowest BCUT2D eigenvalue weighted by molar-refractivity contribution is -0.116. The van der Waals surface area contributed by atoms with Crippen molar-refractivity contribution >= 4 is 46.2 Å². The summed E-state index contributed by atoms with van der Waals surface area (Å²) in [6.07, 6.45) is 3.56. The maximum absolute atomic E-state index is 13.6. The molecule has 0 unspecified atom stereocenters. The Balaban J connectivity index is 1.45. The third kappa shape index (κ3) is 5.35. The molecule has 2 heterocycles. The first-order chi connectivity index (χ1) is 19.0. The highest BCUT2D eigenvalue weighted by Gasteiger charge is 2.33. The fraction of sp³-hybridized carbons (Fsp3) is 0.233. The van der Waals surface area contributed by atoms with Crippen LogP contribution in [0.25, 0.3) is 6.08 Å². The number of para-hydroxylation sites is 2. The molecule has 5 rings (SSSR count). The molecule has 0 fully saturated rings. The molecule has 39 heavy (non-hydrogen) atoms. The van der Waals surface area contributed by atoms with Crippen molar-refractivity contribution in [2.45, 2.75) is 12.8 Å². The third-order valence-corrected chi connectivity index (χ3v) is 7.49. The van der Waals surface area contributed by atoms with Crippen LogP contribution in [0, 0.1) is 0 Å². The number of benzene rings is 3. The summed E-state index contributed by atoms with van der Waals surface area (Å²) in [6, 6.07) is 20.8. The normalized spacial score (nSPS) is 15.7. The fourth-order valence-corrected chi connectivity index (χ4v) is 5.63. The van der Waals surface area contributed by atoms with E-state index in [4.69, 9.17) is 14.2 Å². The van der Waals surface area contributed by atoms with E-state index >= 15 is 0 Å². The van der Waals surface area contributed by atoms with Gasteiger partial charge in [0.2, 0.25) is 11.7 Å². The molecule has 0 atom stereocenters. The van der Waals surface area contributed by atoms with Crippen molar-refractivity contribution in [3.8, 4) is 17.2 Å². The highest BCUT2D eigenvalue weighted by atomic mass is 32.2. The van der Waals surface area contributed by atoms with E-state index in [0.717, 1.165) is 18.5 Å². The van der Waals surface area contributed by atoms with Gasteiger partial charge in [0.25, 0.3) is 5.91 Å². The Kier molecular flexibility index (Phi) is 7.88. The van der Waals surface area contributed by atoms with Crippen LogP contribution >= 0.6 is 11.8 Å². The van der Waals surface area contributed by atoms with Crippen molar-refractivity contribution in [3.05, 3.63) is 83.6 Å². The van der Waals surface area contributed by atoms with Crippen LogP contribution in [-0.2, 0) is 16.0 Å². The summed E-state index contributed by atoms with van der Waals surface area (Å²) in [5, 5.41) is 0.448. The maximum Gasteiger partial charge on any atom is 0.283 e. The minimum absolute atomic E-state index is 0.0163. The van der Waals surface area contributed by atoms with Crippen LogP contribution < -0.4 is 24.0 Å². The van der Waals surface area contributed by atoms with Gasteiger partial charge in [0.1, 0.15) is 5.70 Å². The number of ether oxygens (including phenoxy) is 3. The van der Waals surface area contributed by atoms with E-state index < -0.39 is 0 Å². The maximum atomic E-state index is 13.6. The van der Waals surface area contributed by atoms with Gasteiger partial charge in [-0.05, 0) is 60.4 Å². The van der Waals surface area contributed by atoms with Crippen LogP contribution in [0.2, 0.25) is 0 Å². The monoisotopic (exact) mass is 543 g/mol. The van der Waals surface area contributed by atoms with Gasteiger partial charge in [-0.25, -0.2) is 4.99 Å². The lowest BCUT2D eigenvalue weighted by atomic mass is 10.0. The smallest absolute Gasteiger partial charge is 0.283 e. The molecule has 0 N–H and O–H groups in total. The third-order valence-electron chi connectivity index (χ3n) is 6.57. The Hall–Kier alpha value is -4.24. The Labute approximate surface area is 231 Å². The number of aryl methyl sites for hydroxylation is 1. The van der Waals surface area contributed by atoms with Crippen LogP contribution in [0.1, 0.15) is 17.5 Å². The second-order valence-corrected chi connectivity index (χ2v) is 9.87. The highest BCUT2D eigenvalue weighted by molar-refractivity contribution is 8.14. The van der Waals surface area contributed by atoms with Crippen molar-refractivity contribution in [1.82, 2.24) is 0 Å². The molecular weight excluding hydrogens is 514 g/mol. The summed E-state index contributed by atoms with van der Waals surface area (Å²) in [4.78, 5) is 35.0. The van der Waals surface area contributed by atoms with Gasteiger partial charge in [0.05, 0.1) is 32.8 Å². The van der Waals surface area contributed by atoms with E-state index in [2.05, 4.69) is 11.1 Å². The van der Waals surface area contributed by atoms with E-state index in [9.17, 15) is 9.59 Å². The zero-order chi connectivity index (χ0) is 27.4. The van der Waals surface area contributed by atoms with Gasteiger partial charge in [-0.2, -0.15) is 0 Å². The van der Waals surface area contributed by atoms with Crippen LogP contribution in [0.4, 0.5) is 11.4 Å². The molecule has 8 nitrogen and oxygen atoms in total. The number of nitrogens with zero attached hydrogens (tertiary/aromatic N) is 3. The fourth-order valence-electron chi connectivity index (χ4n) is 4.74. The number of fused-ring (bicyclic) bond motifs is 1. The summed E-state index contributed by atoms with van der Waals surface area (Å²) in [5.41, 5.74) is 3.72. The molecule has 3 aromatic carbocycles. The molecule has 3 aromatic rings. The molecule has 0 spiro atoms. The first kappa shape index (κ1) is 26.4. The summed E-state index contributed by atoms with van der Waals surface area (Å²) in [5.74, 6) is 1.26. The molecule has 0 saturated carbocycles. The number of carbonyl (C=O) groups excluding carboxylic acids is 2. The number of amides is 2. The highest BCUT2D eigenvalue weighted by Crippen LogP contribution is 2.39. The number of carbonyl (C=O) groups is 2. The van der Waals surface area contributed by atoms with Crippen molar-refractivity contribution in [1.29, 1.82) is 0 Å². The van der Waals surface area contributed by atoms with Gasteiger partial charge < -0.3 is 19.1 Å². The summed E-state index contributed by atoms with van der Waals surface area (Å²) in [6.45, 7) is 0.677. The molecule has 0 bridgehead atoms. The minimum atomic E-state index is -0.284. The number of anilines is 2. The molecule has 0 aromatic heterocycles. The van der Waals surface area contributed by atoms with Gasteiger partial charge in [-0.3, -0.25) is 14.5 Å². The second-order valence-electron chi connectivity index (χ2n) is 8.93. The largest absolute Gasteiger partial charge is 0.493 e. The van der Waals surface area contributed by atoms with Crippen molar-refractivity contribution in [2.75, 3.05) is 43.4 Å². The number of hydrogen-bond acceptors (Lipinski definition) is 7. The number of thioether (sulfide) groups is 1. The van der Waals surface area contributed by atoms with E-state index in [0.29, 0.717) is 40.2 Å². The average molecular weight is 544 g/mol. The Morgan fingerprint density at radius 3 is 2.36 bits per heavy atom. The summed E-state index contributed by atoms with van der Waals surface area (Å²) in [7, 11) is 4.61. The number of rotatable bonds is 7. The standard InChI is InChI=1S/C30H29N3O5S/c1-36-25-17-20(18-26(37-2)28(25)38-3)16-23-29(35)33(22-12-5-4-6-13-22)30(31-23)39-19-27(34)32-15-9-11-21-10-7-8-14-24(21)32/h4-8,10,12-14,16-18H,9,11,15,19H2,1-3H3/b23-16-. The van der Waals surface area contributed by atoms with Crippen LogP contribution in [0.5, 0.6) is 17.2 Å². The Bertz CT molecular complexity index is 1430. The number of hydrogen-bond donors (Lipinski definition) is 0. The Morgan fingerprint density at radius 1 is 0.974 bits per heavy atom. The molecule has 0 aliphatic carbocycles. The minimum Gasteiger partial charge on any atom is -0.493 e. The van der Waals surface area contributed by atoms with Gasteiger partial charge in [0, 0.05) is 12.2 Å². The van der Waals surface area contributed by atoms with Crippen LogP contribution in [-0.4, -0.2) is 50.6 Å². The quantitative estimate of drug-likeness (QED) is 0.383. The molecular formula is C30H29N3O5S. The van der Waals surface area contributed by atoms with E-state index in [1.165, 1.54) is 38.7 Å². The van der Waals surface area contributed by atoms with Crippen molar-refractivity contribution < 1.29 is 23.8 Å². The molecule has 2 amide bonds. The van der Waals surface area contributed by atoms with Crippen LogP contribution in [0.15, 0.2) is 77.4 Å². The molecule has 2 aliphatic rings. The van der Waals surface area contributed by atoms with Crippen molar-refractivity contribution in [2.24, 2.45) is 4.99 Å². The van der Waals surface area contributed by atoms with Gasteiger partial charge in [-0.1, -0.05) is 48.2 Å². The first-order valence-electron chi connectivity index (χ1n) is 12.5. The predicted octanol–water partition coefficient (Wildman–Crippen LogP) is 5.17. The first-order valence-corrected chi connectivity index (χ1v) is 13.5. The second kappa shape index (κ2) is 11.7. The summed E-state index contributed by atoms with van der Waals surface area (Å²) >= 11 is 1.26. The molecule has 0 saturated heterocycles. The Morgan fingerprint density at radius 2 is 1.67 bits per heavy atom. The predicted molar refractivity (Wildman–Crippen MR) is 155 cm³/mol. The van der Waals surface area contributed by atoms with E-state index in [-0.39, 0.29) is 23.3 Å². The zero-order valence-electron chi connectivity index (χ0n) is 22.0. The SMILES string of the molecule is COc1cc(/C=C2\N=C(SCC(=O)N3CCCc4ccccc43)N(c3ccccc3)C2=O)cc(OC)c1OC. The van der Waals surface area contributed by atoms with Crippen LogP contribution in [0.3, 0.4) is 0 Å². The molecule has 9 heteroatoms. The lowest BCUT2D eigenvalue weighted by Crippen LogP contribution is -2.37. The number of methoxy groups -OCH3 is 3. The number of amidine groups is 1. The molecule has 200 valence electrons. The van der Waals surface area contributed by atoms with E-state index in [1.807, 2.05) is 53.4 Å². The van der Waals surface area contributed by atoms with E-state index in [1.54, 1.807) is 23.1 Å². The summed E-state index contributed by atoms with van der Waals surface area (Å²) < 4.78 is 16.3. The van der Waals surface area contributed by atoms with Gasteiger partial charge in [0.15, 0.2) is 16.7 Å². The molecule has 0 radical (unpaired) electrons. The number of aliphatic imine (C=N–C) groups is 1. The molecule has 2 aliphatic heterocycles. The average Bonchev–Trinajstić information content (AvgIpc) is 3.29. The zero-order valence-corrected chi connectivity index (χ0v) is 22.9.